The Labute approximate surface area is 147 Å². The van der Waals surface area contributed by atoms with Crippen molar-refractivity contribution in [3.8, 4) is 17.2 Å². The van der Waals surface area contributed by atoms with Gasteiger partial charge in [-0.1, -0.05) is 19.1 Å². The van der Waals surface area contributed by atoms with Crippen molar-refractivity contribution in [3.63, 3.8) is 0 Å². The van der Waals surface area contributed by atoms with Crippen molar-refractivity contribution in [1.29, 1.82) is 0 Å². The maximum absolute atomic E-state index is 12.9. The number of rotatable bonds is 5. The Kier molecular flexibility index (Phi) is 4.70. The summed E-state index contributed by atoms with van der Waals surface area (Å²) in [6, 6.07) is 10.9. The Morgan fingerprint density at radius 2 is 1.80 bits per heavy atom. The molecule has 2 aromatic carbocycles. The number of nitrogens with one attached hydrogen (secondary N) is 1. The van der Waals surface area contributed by atoms with Crippen LogP contribution in [0, 0.1) is 0 Å². The van der Waals surface area contributed by atoms with Gasteiger partial charge in [0.05, 0.1) is 19.8 Å². The third kappa shape index (κ3) is 2.95. The molecule has 0 saturated carbocycles. The second-order valence-corrected chi connectivity index (χ2v) is 5.87. The van der Waals surface area contributed by atoms with Gasteiger partial charge in [0, 0.05) is 17.8 Å². The molecule has 1 amide bonds. The van der Waals surface area contributed by atoms with Gasteiger partial charge in [-0.25, -0.2) is 0 Å². The number of hydrogen-bond acceptors (Lipinski definition) is 5. The van der Waals surface area contributed by atoms with Crippen molar-refractivity contribution in [2.24, 2.45) is 0 Å². The van der Waals surface area contributed by atoms with Crippen molar-refractivity contribution in [2.45, 2.75) is 19.5 Å². The number of nitrogens with zero attached hydrogens (tertiary/aromatic N) is 1. The summed E-state index contributed by atoms with van der Waals surface area (Å²) in [5.41, 5.74) is 2.23. The Hall–Kier alpha value is -2.89. The van der Waals surface area contributed by atoms with Gasteiger partial charge < -0.3 is 24.8 Å². The number of aromatic hydroxyl groups is 1. The lowest BCUT2D eigenvalue weighted by Crippen LogP contribution is -2.43. The number of carbonyl (C=O) groups excluding carboxylic acids is 1. The predicted octanol–water partition coefficient (Wildman–Crippen LogP) is 3.39. The van der Waals surface area contributed by atoms with Gasteiger partial charge in [0.2, 0.25) is 5.75 Å². The van der Waals surface area contributed by atoms with Crippen LogP contribution in [0.4, 0.5) is 5.69 Å². The molecule has 0 aliphatic carbocycles. The van der Waals surface area contributed by atoms with Crippen LogP contribution in [0.1, 0.15) is 35.4 Å². The van der Waals surface area contributed by atoms with Gasteiger partial charge in [0.1, 0.15) is 6.17 Å². The lowest BCUT2D eigenvalue weighted by Gasteiger charge is -2.38. The average molecular weight is 342 g/mol. The first-order chi connectivity index (χ1) is 12.1. The van der Waals surface area contributed by atoms with E-state index in [0.717, 1.165) is 17.7 Å². The second-order valence-electron chi connectivity index (χ2n) is 5.87. The molecular formula is C19H22N2O4. The molecule has 0 fully saturated rings. The molecule has 0 bridgehead atoms. The highest BCUT2D eigenvalue weighted by molar-refractivity contribution is 6.01. The number of para-hydroxylation sites is 1. The molecule has 3 rings (SSSR count). The SMILES string of the molecule is CCCN1C(=O)c2ccccc2NC1c1cc(OC)c(O)c(OC)c1. The van der Waals surface area contributed by atoms with Gasteiger partial charge in [-0.2, -0.15) is 0 Å². The molecule has 0 spiro atoms. The number of benzene rings is 2. The zero-order valence-electron chi connectivity index (χ0n) is 14.6. The normalized spacial score (nSPS) is 16.2. The summed E-state index contributed by atoms with van der Waals surface area (Å²) < 4.78 is 10.5. The number of phenols is 1. The van der Waals surface area contributed by atoms with Crippen LogP contribution in [-0.2, 0) is 0 Å². The number of anilines is 1. The van der Waals surface area contributed by atoms with E-state index in [9.17, 15) is 9.90 Å². The molecule has 25 heavy (non-hydrogen) atoms. The first-order valence-corrected chi connectivity index (χ1v) is 8.22. The number of fused-ring (bicyclic) bond motifs is 1. The Morgan fingerprint density at radius 3 is 2.40 bits per heavy atom. The fourth-order valence-electron chi connectivity index (χ4n) is 3.10. The van der Waals surface area contributed by atoms with E-state index in [2.05, 4.69) is 5.32 Å². The number of hydrogen-bond donors (Lipinski definition) is 2. The van der Waals surface area contributed by atoms with Crippen LogP contribution in [0.25, 0.3) is 0 Å². The van der Waals surface area contributed by atoms with E-state index in [1.807, 2.05) is 31.2 Å². The van der Waals surface area contributed by atoms with Gasteiger partial charge in [-0.15, -0.1) is 0 Å². The topological polar surface area (TPSA) is 71.0 Å². The highest BCUT2D eigenvalue weighted by Gasteiger charge is 2.33. The lowest BCUT2D eigenvalue weighted by atomic mass is 10.0. The van der Waals surface area contributed by atoms with Gasteiger partial charge in [-0.3, -0.25) is 4.79 Å². The summed E-state index contributed by atoms with van der Waals surface area (Å²) in [4.78, 5) is 14.7. The molecule has 1 aliphatic rings. The Balaban J connectivity index is 2.10. The van der Waals surface area contributed by atoms with Crippen LogP contribution in [-0.4, -0.2) is 36.7 Å². The van der Waals surface area contributed by atoms with Crippen molar-refractivity contribution in [3.05, 3.63) is 47.5 Å². The predicted molar refractivity (Wildman–Crippen MR) is 95.3 cm³/mol. The minimum atomic E-state index is -0.370. The molecule has 1 unspecified atom stereocenters. The van der Waals surface area contributed by atoms with Crippen molar-refractivity contribution < 1.29 is 19.4 Å². The Morgan fingerprint density at radius 1 is 1.16 bits per heavy atom. The van der Waals surface area contributed by atoms with Crippen LogP contribution >= 0.6 is 0 Å². The minimum Gasteiger partial charge on any atom is -0.502 e. The third-order valence-electron chi connectivity index (χ3n) is 4.30. The molecule has 6 nitrogen and oxygen atoms in total. The molecule has 2 aromatic rings. The summed E-state index contributed by atoms with van der Waals surface area (Å²) in [7, 11) is 2.97. The molecule has 0 radical (unpaired) electrons. The van der Waals surface area contributed by atoms with Crippen molar-refractivity contribution >= 4 is 11.6 Å². The second kappa shape index (κ2) is 6.93. The largest absolute Gasteiger partial charge is 0.502 e. The van der Waals surface area contributed by atoms with Crippen LogP contribution in [0.3, 0.4) is 0 Å². The number of methoxy groups -OCH3 is 2. The molecule has 0 saturated heterocycles. The number of amides is 1. The molecular weight excluding hydrogens is 320 g/mol. The van der Waals surface area contributed by atoms with E-state index in [1.54, 1.807) is 17.0 Å². The zero-order valence-corrected chi connectivity index (χ0v) is 14.6. The molecule has 2 N–H and O–H groups in total. The number of carbonyl (C=O) groups is 1. The summed E-state index contributed by atoms with van der Waals surface area (Å²) in [5.74, 6) is 0.531. The molecule has 0 aromatic heterocycles. The van der Waals surface area contributed by atoms with Crippen molar-refractivity contribution in [1.82, 2.24) is 4.90 Å². The number of ether oxygens (including phenoxy) is 2. The summed E-state index contributed by atoms with van der Waals surface area (Å²) >= 11 is 0. The van der Waals surface area contributed by atoms with Gasteiger partial charge in [0.25, 0.3) is 5.91 Å². The van der Waals surface area contributed by atoms with Crippen LogP contribution in [0.15, 0.2) is 36.4 Å². The van der Waals surface area contributed by atoms with Crippen LogP contribution in [0.5, 0.6) is 17.2 Å². The highest BCUT2D eigenvalue weighted by atomic mass is 16.5. The molecule has 6 heteroatoms. The lowest BCUT2D eigenvalue weighted by molar-refractivity contribution is 0.0683. The highest BCUT2D eigenvalue weighted by Crippen LogP contribution is 2.41. The Bertz CT molecular complexity index is 766. The summed E-state index contributed by atoms with van der Waals surface area (Å²) in [5, 5.41) is 13.6. The zero-order chi connectivity index (χ0) is 18.0. The quantitative estimate of drug-likeness (QED) is 0.871. The summed E-state index contributed by atoms with van der Waals surface area (Å²) in [6.45, 7) is 2.64. The molecule has 1 atom stereocenters. The van der Waals surface area contributed by atoms with Gasteiger partial charge >= 0.3 is 0 Å². The third-order valence-corrected chi connectivity index (χ3v) is 4.30. The number of phenolic OH excluding ortho intramolecular Hbond substituents is 1. The van der Waals surface area contributed by atoms with E-state index in [0.29, 0.717) is 23.6 Å². The molecule has 1 heterocycles. The van der Waals surface area contributed by atoms with E-state index >= 15 is 0 Å². The summed E-state index contributed by atoms with van der Waals surface area (Å²) in [6.07, 6.45) is 0.462. The van der Waals surface area contributed by atoms with Gasteiger partial charge in [-0.05, 0) is 30.7 Å². The fourth-order valence-corrected chi connectivity index (χ4v) is 3.10. The van der Waals surface area contributed by atoms with E-state index in [4.69, 9.17) is 9.47 Å². The van der Waals surface area contributed by atoms with E-state index < -0.39 is 0 Å². The van der Waals surface area contributed by atoms with E-state index in [-0.39, 0.29) is 17.8 Å². The monoisotopic (exact) mass is 342 g/mol. The first-order valence-electron chi connectivity index (χ1n) is 8.22. The molecule has 1 aliphatic heterocycles. The average Bonchev–Trinajstić information content (AvgIpc) is 2.64. The first kappa shape index (κ1) is 17.0. The van der Waals surface area contributed by atoms with E-state index in [1.165, 1.54) is 14.2 Å². The standard InChI is InChI=1S/C19H22N2O4/c1-4-9-21-18(20-14-8-6-5-7-13(14)19(21)23)12-10-15(24-2)17(22)16(11-12)25-3/h5-8,10-11,18,20,22H,4,9H2,1-3H3. The smallest absolute Gasteiger partial charge is 0.257 e. The fraction of sp³-hybridized carbons (Fsp3) is 0.316. The van der Waals surface area contributed by atoms with Crippen LogP contribution < -0.4 is 14.8 Å². The van der Waals surface area contributed by atoms with Gasteiger partial charge in [0.15, 0.2) is 11.5 Å². The van der Waals surface area contributed by atoms with Crippen molar-refractivity contribution in [2.75, 3.05) is 26.1 Å². The molecule has 132 valence electrons. The van der Waals surface area contributed by atoms with Crippen LogP contribution in [0.2, 0.25) is 0 Å². The minimum absolute atomic E-state index is 0.0211. The maximum atomic E-state index is 12.9. The maximum Gasteiger partial charge on any atom is 0.257 e.